The van der Waals surface area contributed by atoms with Crippen LogP contribution in [0, 0.1) is 108 Å². The largest absolute Gasteiger partial charge is 0.417 e. The van der Waals surface area contributed by atoms with Gasteiger partial charge >= 0.3 is 12.4 Å². The highest BCUT2D eigenvalue weighted by atomic mass is 19.4. The van der Waals surface area contributed by atoms with E-state index in [-0.39, 0.29) is 56.1 Å². The predicted molar refractivity (Wildman–Crippen MR) is 513 cm³/mol. The van der Waals surface area contributed by atoms with Crippen LogP contribution in [0.1, 0.15) is 137 Å². The Morgan fingerprint density at radius 3 is 0.722 bits per heavy atom. The Hall–Kier alpha value is -13.5. The Morgan fingerprint density at radius 1 is 0.241 bits per heavy atom. The normalized spacial score (nSPS) is 11.5. The van der Waals surface area contributed by atoms with E-state index in [1.807, 2.05) is 12.1 Å². The van der Waals surface area contributed by atoms with Crippen molar-refractivity contribution < 1.29 is 80.8 Å². The zero-order valence-corrected chi connectivity index (χ0v) is 82.5. The molecule has 0 atom stereocenters. The van der Waals surface area contributed by atoms with Gasteiger partial charge in [-0.15, -0.1) is 0 Å². The molecule has 0 bridgehead atoms. The monoisotopic (exact) mass is 1800 g/mol. The number of aryl methyl sites for hydroxylation is 12. The summed E-state index contributed by atoms with van der Waals surface area (Å²) < 4.78 is 133. The fraction of sp³-hybridized carbons (Fsp3) is 0.289. The van der Waals surface area contributed by atoms with Crippen LogP contribution in [0.4, 0.5) is 40.8 Å². The zero-order valence-electron chi connectivity index (χ0n) is 82.5. The molecule has 133 heavy (non-hydrogen) atoms. The molecule has 0 aliphatic heterocycles. The van der Waals surface area contributed by atoms with Crippen LogP contribution in [0.15, 0.2) is 243 Å². The van der Waals surface area contributed by atoms with E-state index in [0.29, 0.717) is 17.0 Å². The molecular formula is C114H127F8N11+10. The molecule has 684 valence electrons. The summed E-state index contributed by atoms with van der Waals surface area (Å²) in [6.07, 6.45) is -3.24. The van der Waals surface area contributed by atoms with Gasteiger partial charge in [0.2, 0.25) is 56.9 Å². The van der Waals surface area contributed by atoms with Gasteiger partial charge in [-0.1, -0.05) is 59.7 Å². The van der Waals surface area contributed by atoms with Gasteiger partial charge in [0.15, 0.2) is 59.0 Å². The van der Waals surface area contributed by atoms with Crippen molar-refractivity contribution in [1.29, 1.82) is 0 Å². The van der Waals surface area contributed by atoms with E-state index in [9.17, 15) is 35.1 Å². The first-order chi connectivity index (χ1) is 62.5. The lowest BCUT2D eigenvalue weighted by Crippen LogP contribution is -2.37. The maximum atomic E-state index is 15.0. The first kappa shape index (κ1) is 100. The third-order valence-corrected chi connectivity index (χ3v) is 26.1. The predicted octanol–water partition coefficient (Wildman–Crippen LogP) is 22.8. The maximum Gasteiger partial charge on any atom is 0.417 e. The third kappa shape index (κ3) is 20.7. The number of rotatable bonds is 10. The molecule has 11 nitrogen and oxygen atoms in total. The van der Waals surface area contributed by atoms with Crippen molar-refractivity contribution >= 4 is 5.69 Å². The number of pyridine rings is 10. The topological polar surface area (TPSA) is 43.2 Å². The molecule has 0 unspecified atom stereocenters. The Labute approximate surface area is 781 Å². The van der Waals surface area contributed by atoms with E-state index in [2.05, 4.69) is 332 Å². The van der Waals surface area contributed by atoms with Crippen LogP contribution in [0.25, 0.3) is 117 Å². The molecule has 0 aliphatic carbocycles. The molecule has 0 radical (unpaired) electrons. The molecule has 19 heteroatoms. The Bertz CT molecular complexity index is 6630. The summed E-state index contributed by atoms with van der Waals surface area (Å²) in [6, 6.07) is 70.9. The van der Waals surface area contributed by atoms with Gasteiger partial charge < -0.3 is 0 Å². The van der Waals surface area contributed by atoms with Gasteiger partial charge in [0.05, 0.1) is 62.2 Å². The first-order valence-electron chi connectivity index (χ1n) is 44.6. The van der Waals surface area contributed by atoms with Crippen LogP contribution in [0.5, 0.6) is 0 Å². The number of nitrogens with zero attached hydrogens (tertiary/aromatic N) is 11. The Morgan fingerprint density at radius 2 is 0.459 bits per heavy atom. The average molecular weight is 1800 g/mol. The fourth-order valence-electron chi connectivity index (χ4n) is 18.1. The van der Waals surface area contributed by atoms with E-state index in [0.717, 1.165) is 0 Å². The molecular weight excluding hydrogens is 1680 g/mol. The van der Waals surface area contributed by atoms with E-state index in [1.54, 1.807) is 118 Å². The lowest BCUT2D eigenvalue weighted by Gasteiger charge is -2.31. The molecule has 0 saturated heterocycles. The van der Waals surface area contributed by atoms with Crippen LogP contribution in [0.3, 0.4) is 0 Å². The van der Waals surface area contributed by atoms with Crippen molar-refractivity contribution in [2.24, 2.45) is 70.5 Å². The molecule has 10 aromatic heterocycles. The Kier molecular flexibility index (Phi) is 30.3. The molecule has 0 fully saturated rings. The number of halogens is 8. The Balaban J connectivity index is 0.000000161. The summed E-state index contributed by atoms with van der Waals surface area (Å²) >= 11 is 0. The summed E-state index contributed by atoms with van der Waals surface area (Å²) in [5.74, 6) is -1.65. The quantitative estimate of drug-likeness (QED) is 0.0744. The first-order valence-corrected chi connectivity index (χ1v) is 44.6. The fourth-order valence-corrected chi connectivity index (χ4v) is 18.1. The molecule has 0 spiro atoms. The molecule has 10 heterocycles. The van der Waals surface area contributed by atoms with Crippen LogP contribution in [0.2, 0.25) is 0 Å². The van der Waals surface area contributed by atoms with E-state index in [4.69, 9.17) is 6.57 Å². The van der Waals surface area contributed by atoms with Crippen molar-refractivity contribution in [3.8, 4) is 113 Å². The number of hydrogen-bond acceptors (Lipinski definition) is 0. The van der Waals surface area contributed by atoms with Crippen molar-refractivity contribution in [3.05, 3.63) is 362 Å². The van der Waals surface area contributed by atoms with Crippen LogP contribution in [-0.4, -0.2) is 0 Å². The van der Waals surface area contributed by atoms with Gasteiger partial charge in [0, 0.05) is 174 Å². The molecule has 15 rings (SSSR count). The van der Waals surface area contributed by atoms with E-state index in [1.165, 1.54) is 169 Å². The smallest absolute Gasteiger partial charge is 0.232 e. The van der Waals surface area contributed by atoms with E-state index < -0.39 is 40.8 Å². The standard InChI is InChI=1S/C29H40N2.C23H28N2.C21H18F6N2.C21H24N2.C20H17F2N3/c1-19-14-12-16-24(30(19)10)26-21(3)27(25-17-13-15-20(2)31(25)11)23(29(7,8)9)18-22(26)28(4,5)6;1-15-14-16(2)23(21-13-9-11-18(4)25(21)7)19(5)22(15)20-12-8-10-17(3)24(20)6;1-13-18(16-8-4-6-10-28(16)2)14(20(22,23)24)12-15(21(25,26)27)19(13)17-9-5-7-11-29(17)3;1-15-9-6-13-20(22(15)4)18-11-8-12-19(17(18)3)21-14-7-10-16(2)23(21)5;1-13-16(14-9-5-7-11-24(14)3)18(21)20(23-2)19(22)17(13)15-10-6-8-12-25(15)4/h12-18H,1-11H3;8-14H,1-7H3;4-12H,1-3H3;6-14H,1-5H3;5-12H,1,3-4H3/q5*+2. The van der Waals surface area contributed by atoms with Crippen LogP contribution >= 0.6 is 0 Å². The molecule has 0 saturated carbocycles. The molecule has 15 aromatic rings. The van der Waals surface area contributed by atoms with Crippen LogP contribution < -0.4 is 45.7 Å². The van der Waals surface area contributed by atoms with E-state index >= 15 is 0 Å². The highest BCUT2D eigenvalue weighted by molar-refractivity contribution is 5.84. The third-order valence-electron chi connectivity index (χ3n) is 26.1. The molecule has 0 aliphatic rings. The minimum absolute atomic E-state index is 0.0319. The maximum absolute atomic E-state index is 15.0. The second kappa shape index (κ2) is 40.3. The SMILES string of the molecule is Cc1c(-c2cccc(C)[n+]2C)c(C(C)(C)C)cc(C(C)(C)C)c1-c1cccc(C)[n+]1C.Cc1c(-c2cccc(C)[n+]2C)cccc1-c1cccc(C)[n+]1C.Cc1c(-c2cccc[n+]2C)c(C(F)(F)F)cc(C(F)(F)F)c1-c1cccc[n+]1C.Cc1cc(C)c(-c2cccc(C)[n+]2C)c(C)c1-c1cccc(C)[n+]1C.[C-]#[N+]c1c(F)c(-c2cccc[n+]2C)c(C)c(-c2cccc[n+]2C)c1F. The highest BCUT2D eigenvalue weighted by Crippen LogP contribution is 2.49. The second-order valence-electron chi connectivity index (χ2n) is 37.0. The van der Waals surface area contributed by atoms with Crippen molar-refractivity contribution in [2.75, 3.05) is 0 Å². The molecule has 5 aromatic carbocycles. The molecule has 0 N–H and O–H groups in total. The zero-order chi connectivity index (χ0) is 97.9. The lowest BCUT2D eigenvalue weighted by molar-refractivity contribution is -0.667. The van der Waals surface area contributed by atoms with Crippen molar-refractivity contribution in [1.82, 2.24) is 0 Å². The van der Waals surface area contributed by atoms with Gasteiger partial charge in [0.1, 0.15) is 82.1 Å². The van der Waals surface area contributed by atoms with Crippen LogP contribution in [-0.2, 0) is 93.7 Å². The summed E-state index contributed by atoms with van der Waals surface area (Å²) in [7, 11) is 19.6. The molecule has 0 amide bonds. The minimum atomic E-state index is -4.96. The number of hydrogen-bond donors (Lipinski definition) is 0. The number of aromatic nitrogens is 10. The second-order valence-corrected chi connectivity index (χ2v) is 37.0. The van der Waals surface area contributed by atoms with Gasteiger partial charge in [-0.3, -0.25) is 0 Å². The van der Waals surface area contributed by atoms with Gasteiger partial charge in [-0.25, -0.2) is 31.9 Å². The average Bonchev–Trinajstić information content (AvgIpc) is 0.737. The number of benzene rings is 5. The number of alkyl halides is 6. The van der Waals surface area contributed by atoms with Gasteiger partial charge in [-0.2, -0.15) is 53.7 Å². The lowest BCUT2D eigenvalue weighted by atomic mass is 9.73. The minimum Gasteiger partial charge on any atom is -0.232 e. The van der Waals surface area contributed by atoms with Crippen molar-refractivity contribution in [2.45, 2.75) is 155 Å². The van der Waals surface area contributed by atoms with Gasteiger partial charge in [-0.05, 0) is 188 Å². The van der Waals surface area contributed by atoms with Crippen molar-refractivity contribution in [3.63, 3.8) is 0 Å². The van der Waals surface area contributed by atoms with Gasteiger partial charge in [0.25, 0.3) is 5.69 Å². The highest BCUT2D eigenvalue weighted by Gasteiger charge is 2.45. The summed E-state index contributed by atoms with van der Waals surface area (Å²) in [4.78, 5) is 3.12. The summed E-state index contributed by atoms with van der Waals surface area (Å²) in [5.41, 5.74) is 31.3. The summed E-state index contributed by atoms with van der Waals surface area (Å²) in [5, 5.41) is 0. The summed E-state index contributed by atoms with van der Waals surface area (Å²) in [6.45, 7) is 48.4.